The van der Waals surface area contributed by atoms with E-state index in [-0.39, 0.29) is 16.3 Å². The minimum Gasteiger partial charge on any atom is -0.506 e. The van der Waals surface area contributed by atoms with Gasteiger partial charge in [0.25, 0.3) is 5.91 Å². The van der Waals surface area contributed by atoms with Gasteiger partial charge in [0.05, 0.1) is 28.4 Å². The number of ether oxygens (including phenoxy) is 2. The van der Waals surface area contributed by atoms with Crippen molar-refractivity contribution in [3.8, 4) is 17.2 Å². The zero-order chi connectivity index (χ0) is 27.1. The first-order valence-electron chi connectivity index (χ1n) is 11.9. The summed E-state index contributed by atoms with van der Waals surface area (Å²) in [6, 6.07) is 15.3. The SMILES string of the molecule is COc1cc(OCCN2CCN(c3ccc(Cl)c(Cl)c3)CC2)ccc1/C=N/NC(=O)c1ccc(O)c(Cl)c1. The number of piperazine rings is 1. The molecule has 1 amide bonds. The van der Waals surface area contributed by atoms with Crippen LogP contribution in [0.4, 0.5) is 5.69 Å². The van der Waals surface area contributed by atoms with Crippen molar-refractivity contribution in [2.45, 2.75) is 0 Å². The third-order valence-electron chi connectivity index (χ3n) is 6.10. The number of nitrogens with one attached hydrogen (secondary N) is 1. The van der Waals surface area contributed by atoms with Crippen LogP contribution in [0.1, 0.15) is 15.9 Å². The van der Waals surface area contributed by atoms with Crippen molar-refractivity contribution < 1.29 is 19.4 Å². The molecule has 4 rings (SSSR count). The summed E-state index contributed by atoms with van der Waals surface area (Å²) in [7, 11) is 1.56. The van der Waals surface area contributed by atoms with Gasteiger partial charge in [-0.15, -0.1) is 0 Å². The summed E-state index contributed by atoms with van der Waals surface area (Å²) in [5.41, 5.74) is 4.45. The summed E-state index contributed by atoms with van der Waals surface area (Å²) in [5.74, 6) is 0.681. The molecule has 0 unspecified atom stereocenters. The first kappa shape index (κ1) is 27.9. The number of anilines is 1. The van der Waals surface area contributed by atoms with Crippen molar-refractivity contribution in [2.75, 3.05) is 51.3 Å². The molecular weight excluding hydrogens is 551 g/mol. The number of rotatable bonds is 9. The van der Waals surface area contributed by atoms with E-state index in [0.29, 0.717) is 33.7 Å². The lowest BCUT2D eigenvalue weighted by atomic mass is 10.2. The molecule has 11 heteroatoms. The third-order valence-corrected chi connectivity index (χ3v) is 7.14. The molecule has 1 fully saturated rings. The summed E-state index contributed by atoms with van der Waals surface area (Å²) in [4.78, 5) is 16.9. The fourth-order valence-corrected chi connectivity index (χ4v) is 4.44. The summed E-state index contributed by atoms with van der Waals surface area (Å²) in [6.45, 7) is 4.98. The largest absolute Gasteiger partial charge is 0.506 e. The third kappa shape index (κ3) is 7.23. The molecule has 0 aromatic heterocycles. The van der Waals surface area contributed by atoms with Gasteiger partial charge in [0.15, 0.2) is 0 Å². The van der Waals surface area contributed by atoms with E-state index in [0.717, 1.165) is 38.4 Å². The lowest BCUT2D eigenvalue weighted by molar-refractivity contribution is 0.0955. The number of hydrazone groups is 1. The molecule has 0 bridgehead atoms. The first-order chi connectivity index (χ1) is 18.3. The predicted molar refractivity (Wildman–Crippen MR) is 152 cm³/mol. The standard InChI is InChI=1S/C27H27Cl3N4O4/c1-37-26-16-21(5-2-19(26)17-31-32-27(36)18-3-7-25(35)24(30)14-18)38-13-12-33-8-10-34(11-9-33)20-4-6-22(28)23(29)15-20/h2-7,14-17,35H,8-13H2,1H3,(H,32,36)/b31-17+. The number of hydrogen-bond donors (Lipinski definition) is 2. The van der Waals surface area contributed by atoms with Crippen LogP contribution in [0, 0.1) is 0 Å². The normalized spacial score (nSPS) is 14.1. The van der Waals surface area contributed by atoms with Crippen LogP contribution in [-0.4, -0.2) is 68.6 Å². The van der Waals surface area contributed by atoms with Gasteiger partial charge in [0.2, 0.25) is 0 Å². The number of methoxy groups -OCH3 is 1. The molecule has 0 radical (unpaired) electrons. The topological polar surface area (TPSA) is 86.6 Å². The number of amides is 1. The van der Waals surface area contributed by atoms with Crippen LogP contribution in [0.15, 0.2) is 59.7 Å². The molecule has 1 aliphatic rings. The van der Waals surface area contributed by atoms with Gasteiger partial charge in [-0.25, -0.2) is 5.43 Å². The molecule has 1 aliphatic heterocycles. The average Bonchev–Trinajstić information content (AvgIpc) is 2.92. The van der Waals surface area contributed by atoms with Crippen molar-refractivity contribution in [1.82, 2.24) is 10.3 Å². The molecule has 38 heavy (non-hydrogen) atoms. The molecular formula is C27H27Cl3N4O4. The molecule has 3 aromatic carbocycles. The van der Waals surface area contributed by atoms with Gasteiger partial charge in [0, 0.05) is 55.6 Å². The molecule has 0 saturated carbocycles. The highest BCUT2D eigenvalue weighted by Crippen LogP contribution is 2.28. The molecule has 8 nitrogen and oxygen atoms in total. The fourth-order valence-electron chi connectivity index (χ4n) is 3.97. The van der Waals surface area contributed by atoms with E-state index in [2.05, 4.69) is 20.3 Å². The molecule has 0 aliphatic carbocycles. The second kappa shape index (κ2) is 13.1. The molecule has 3 aromatic rings. The van der Waals surface area contributed by atoms with Gasteiger partial charge < -0.3 is 19.5 Å². The number of carbonyl (C=O) groups is 1. The second-order valence-electron chi connectivity index (χ2n) is 8.54. The van der Waals surface area contributed by atoms with Gasteiger partial charge in [-0.3, -0.25) is 9.69 Å². The van der Waals surface area contributed by atoms with E-state index >= 15 is 0 Å². The molecule has 1 saturated heterocycles. The Bertz CT molecular complexity index is 1310. The maximum Gasteiger partial charge on any atom is 0.271 e. The maximum atomic E-state index is 12.2. The molecule has 0 spiro atoms. The van der Waals surface area contributed by atoms with E-state index in [9.17, 15) is 9.90 Å². The van der Waals surface area contributed by atoms with E-state index in [1.807, 2.05) is 24.3 Å². The van der Waals surface area contributed by atoms with Crippen LogP contribution >= 0.6 is 34.8 Å². The average molecular weight is 578 g/mol. The lowest BCUT2D eigenvalue weighted by Crippen LogP contribution is -2.47. The van der Waals surface area contributed by atoms with Crippen LogP contribution in [0.25, 0.3) is 0 Å². The Kier molecular flexibility index (Phi) is 9.58. The Morgan fingerprint density at radius 2 is 1.79 bits per heavy atom. The lowest BCUT2D eigenvalue weighted by Gasteiger charge is -2.36. The van der Waals surface area contributed by atoms with Crippen LogP contribution in [0.2, 0.25) is 15.1 Å². The highest BCUT2D eigenvalue weighted by Gasteiger charge is 2.18. The predicted octanol–water partition coefficient (Wildman–Crippen LogP) is 5.33. The minimum atomic E-state index is -0.458. The van der Waals surface area contributed by atoms with E-state index in [1.165, 1.54) is 24.4 Å². The Morgan fingerprint density at radius 1 is 1.00 bits per heavy atom. The van der Waals surface area contributed by atoms with Crippen LogP contribution in [0.3, 0.4) is 0 Å². The number of benzene rings is 3. The van der Waals surface area contributed by atoms with Crippen molar-refractivity contribution in [3.05, 3.63) is 80.8 Å². The van der Waals surface area contributed by atoms with Gasteiger partial charge in [0.1, 0.15) is 23.9 Å². The number of phenols is 1. The fraction of sp³-hybridized carbons (Fsp3) is 0.259. The number of aromatic hydroxyl groups is 1. The monoisotopic (exact) mass is 576 g/mol. The summed E-state index contributed by atoms with van der Waals surface area (Å²) in [5, 5.41) is 14.7. The number of halogens is 3. The van der Waals surface area contributed by atoms with Crippen LogP contribution in [-0.2, 0) is 0 Å². The van der Waals surface area contributed by atoms with Gasteiger partial charge in [-0.05, 0) is 48.5 Å². The number of phenolic OH excluding ortho intramolecular Hbond substituents is 1. The second-order valence-corrected chi connectivity index (χ2v) is 9.77. The van der Waals surface area contributed by atoms with E-state index in [4.69, 9.17) is 44.3 Å². The number of carbonyl (C=O) groups excluding carboxylic acids is 1. The molecule has 1 heterocycles. The summed E-state index contributed by atoms with van der Waals surface area (Å²) >= 11 is 18.0. The molecule has 2 N–H and O–H groups in total. The maximum absolute atomic E-state index is 12.2. The Labute approximate surface area is 236 Å². The Balaban J connectivity index is 1.24. The van der Waals surface area contributed by atoms with Crippen molar-refractivity contribution in [2.24, 2.45) is 5.10 Å². The zero-order valence-electron chi connectivity index (χ0n) is 20.7. The number of hydrogen-bond acceptors (Lipinski definition) is 7. The smallest absolute Gasteiger partial charge is 0.271 e. The quantitative estimate of drug-likeness (QED) is 0.264. The van der Waals surface area contributed by atoms with E-state index < -0.39 is 5.91 Å². The summed E-state index contributed by atoms with van der Waals surface area (Å²) in [6.07, 6.45) is 1.48. The zero-order valence-corrected chi connectivity index (χ0v) is 22.9. The Hall–Kier alpha value is -3.17. The number of nitrogens with zero attached hydrogens (tertiary/aromatic N) is 3. The highest BCUT2D eigenvalue weighted by molar-refractivity contribution is 6.42. The van der Waals surface area contributed by atoms with Gasteiger partial charge >= 0.3 is 0 Å². The van der Waals surface area contributed by atoms with E-state index in [1.54, 1.807) is 19.2 Å². The van der Waals surface area contributed by atoms with Gasteiger partial charge in [-0.2, -0.15) is 5.10 Å². The van der Waals surface area contributed by atoms with Crippen molar-refractivity contribution >= 4 is 52.6 Å². The van der Waals surface area contributed by atoms with Gasteiger partial charge in [-0.1, -0.05) is 34.8 Å². The first-order valence-corrected chi connectivity index (χ1v) is 13.0. The summed E-state index contributed by atoms with van der Waals surface area (Å²) < 4.78 is 11.4. The molecule has 0 atom stereocenters. The van der Waals surface area contributed by atoms with Crippen LogP contribution in [0.5, 0.6) is 17.2 Å². The van der Waals surface area contributed by atoms with Crippen molar-refractivity contribution in [1.29, 1.82) is 0 Å². The highest BCUT2D eigenvalue weighted by atomic mass is 35.5. The Morgan fingerprint density at radius 3 is 2.50 bits per heavy atom. The van der Waals surface area contributed by atoms with Crippen LogP contribution < -0.4 is 19.8 Å². The minimum absolute atomic E-state index is 0.0875. The molecule has 200 valence electrons. The van der Waals surface area contributed by atoms with Crippen molar-refractivity contribution in [3.63, 3.8) is 0 Å².